The van der Waals surface area contributed by atoms with Crippen LogP contribution in [-0.4, -0.2) is 0 Å². The molecule has 0 aromatic heterocycles. The Morgan fingerprint density at radius 3 is 3.30 bits per heavy atom. The highest BCUT2D eigenvalue weighted by Gasteiger charge is 2.10. The van der Waals surface area contributed by atoms with Crippen molar-refractivity contribution in [2.24, 2.45) is 0 Å². The number of benzene rings is 1. The van der Waals surface area contributed by atoms with Crippen molar-refractivity contribution in [2.75, 3.05) is 0 Å². The monoisotopic (exact) mass is 155 g/mol. The highest BCUT2D eigenvalue weighted by Crippen LogP contribution is 2.25. The van der Waals surface area contributed by atoms with Gasteiger partial charge in [-0.15, -0.1) is 0 Å². The molecule has 1 aliphatic heterocycles. The summed E-state index contributed by atoms with van der Waals surface area (Å²) in [5.41, 5.74) is 3.87. The molecule has 2 nitrogen and oxygen atoms in total. The summed E-state index contributed by atoms with van der Waals surface area (Å²) >= 11 is 5.74. The lowest BCUT2D eigenvalue weighted by atomic mass is 10.2. The van der Waals surface area contributed by atoms with E-state index in [2.05, 4.69) is 5.48 Å². The van der Waals surface area contributed by atoms with Gasteiger partial charge in [0, 0.05) is 10.6 Å². The lowest BCUT2D eigenvalue weighted by molar-refractivity contribution is 0.224. The van der Waals surface area contributed by atoms with Gasteiger partial charge in [-0.25, -0.2) is 0 Å². The molecule has 2 rings (SSSR count). The van der Waals surface area contributed by atoms with Crippen LogP contribution >= 0.6 is 11.6 Å². The van der Waals surface area contributed by atoms with Crippen LogP contribution in [0.2, 0.25) is 5.02 Å². The van der Waals surface area contributed by atoms with Crippen molar-refractivity contribution < 1.29 is 4.84 Å². The predicted octanol–water partition coefficient (Wildman–Crippen LogP) is 1.74. The van der Waals surface area contributed by atoms with E-state index in [0.29, 0.717) is 0 Å². The average molecular weight is 156 g/mol. The van der Waals surface area contributed by atoms with Crippen molar-refractivity contribution in [2.45, 2.75) is 6.54 Å². The minimum Gasteiger partial charge on any atom is -0.408 e. The molecule has 1 heterocycles. The Labute approximate surface area is 63.7 Å². The number of halogens is 1. The quantitative estimate of drug-likeness (QED) is 0.616. The fourth-order valence-corrected chi connectivity index (χ4v) is 1.17. The van der Waals surface area contributed by atoms with Crippen LogP contribution < -0.4 is 10.3 Å². The molecule has 0 fully saturated rings. The van der Waals surface area contributed by atoms with Crippen LogP contribution in [0.4, 0.5) is 0 Å². The predicted molar refractivity (Wildman–Crippen MR) is 38.9 cm³/mol. The molecule has 0 spiro atoms. The Morgan fingerprint density at radius 2 is 2.40 bits per heavy atom. The smallest absolute Gasteiger partial charge is 0.151 e. The number of hydroxylamine groups is 1. The van der Waals surface area contributed by atoms with Gasteiger partial charge in [0.1, 0.15) is 0 Å². The second kappa shape index (κ2) is 2.15. The van der Waals surface area contributed by atoms with E-state index in [0.717, 1.165) is 22.9 Å². The maximum atomic E-state index is 5.74. The molecule has 0 radical (unpaired) electrons. The van der Waals surface area contributed by atoms with Gasteiger partial charge in [-0.2, -0.15) is 5.48 Å². The van der Waals surface area contributed by atoms with Gasteiger partial charge in [0.25, 0.3) is 0 Å². The molecule has 0 bridgehead atoms. The molecular formula is C7H6ClNO. The number of rotatable bonds is 0. The zero-order valence-corrected chi connectivity index (χ0v) is 5.98. The third-order valence-corrected chi connectivity index (χ3v) is 1.70. The molecule has 0 aliphatic carbocycles. The zero-order valence-electron chi connectivity index (χ0n) is 5.23. The maximum Gasteiger partial charge on any atom is 0.151 e. The Morgan fingerprint density at radius 1 is 1.50 bits per heavy atom. The summed E-state index contributed by atoms with van der Waals surface area (Å²) in [7, 11) is 0. The van der Waals surface area contributed by atoms with E-state index < -0.39 is 0 Å². The Balaban J connectivity index is 2.52. The Kier molecular flexibility index (Phi) is 1.29. The maximum absolute atomic E-state index is 5.74. The van der Waals surface area contributed by atoms with Gasteiger partial charge < -0.3 is 4.84 Å². The van der Waals surface area contributed by atoms with E-state index in [-0.39, 0.29) is 0 Å². The average Bonchev–Trinajstić information content (AvgIpc) is 2.33. The SMILES string of the molecule is Clc1ccc2c(c1)CNO2. The first-order valence-corrected chi connectivity index (χ1v) is 3.42. The van der Waals surface area contributed by atoms with Gasteiger partial charge in [-0.05, 0) is 18.2 Å². The molecule has 1 aliphatic rings. The van der Waals surface area contributed by atoms with Crippen LogP contribution in [-0.2, 0) is 6.54 Å². The second-order valence-electron chi connectivity index (χ2n) is 2.18. The minimum atomic E-state index is 0.746. The number of hydrogen-bond acceptors (Lipinski definition) is 2. The van der Waals surface area contributed by atoms with Crippen LogP contribution in [0.5, 0.6) is 5.75 Å². The molecule has 52 valence electrons. The van der Waals surface area contributed by atoms with Crippen molar-refractivity contribution in [3.8, 4) is 5.75 Å². The van der Waals surface area contributed by atoms with E-state index >= 15 is 0 Å². The summed E-state index contributed by atoms with van der Waals surface area (Å²) in [6, 6.07) is 5.57. The van der Waals surface area contributed by atoms with E-state index in [1.54, 1.807) is 0 Å². The summed E-state index contributed by atoms with van der Waals surface area (Å²) in [6.07, 6.45) is 0. The molecule has 1 aromatic carbocycles. The third-order valence-electron chi connectivity index (χ3n) is 1.47. The van der Waals surface area contributed by atoms with Crippen molar-refractivity contribution >= 4 is 11.6 Å². The summed E-state index contributed by atoms with van der Waals surface area (Å²) in [5.74, 6) is 0.879. The van der Waals surface area contributed by atoms with Crippen molar-refractivity contribution in [3.05, 3.63) is 28.8 Å². The Hall–Kier alpha value is -0.730. The van der Waals surface area contributed by atoms with Crippen LogP contribution in [0.1, 0.15) is 5.56 Å². The van der Waals surface area contributed by atoms with Gasteiger partial charge >= 0.3 is 0 Å². The second-order valence-corrected chi connectivity index (χ2v) is 2.61. The fourth-order valence-electron chi connectivity index (χ4n) is 0.977. The topological polar surface area (TPSA) is 21.3 Å². The van der Waals surface area contributed by atoms with Gasteiger partial charge in [-0.3, -0.25) is 0 Å². The van der Waals surface area contributed by atoms with Gasteiger partial charge in [-0.1, -0.05) is 11.6 Å². The van der Waals surface area contributed by atoms with Crippen molar-refractivity contribution in [3.63, 3.8) is 0 Å². The molecular weight excluding hydrogens is 150 g/mol. The minimum absolute atomic E-state index is 0.746. The zero-order chi connectivity index (χ0) is 6.97. The molecule has 0 saturated carbocycles. The largest absolute Gasteiger partial charge is 0.408 e. The first kappa shape index (κ1) is 6.01. The molecule has 0 unspecified atom stereocenters. The van der Waals surface area contributed by atoms with E-state index in [4.69, 9.17) is 16.4 Å². The molecule has 1 aromatic rings. The normalized spacial score (nSPS) is 14.5. The highest BCUT2D eigenvalue weighted by molar-refractivity contribution is 6.30. The van der Waals surface area contributed by atoms with E-state index in [9.17, 15) is 0 Å². The molecule has 0 amide bonds. The third kappa shape index (κ3) is 0.856. The number of hydrogen-bond donors (Lipinski definition) is 1. The van der Waals surface area contributed by atoms with E-state index in [1.165, 1.54) is 0 Å². The van der Waals surface area contributed by atoms with Crippen molar-refractivity contribution in [1.82, 2.24) is 5.48 Å². The lowest BCUT2D eigenvalue weighted by Crippen LogP contribution is -2.07. The molecule has 10 heavy (non-hydrogen) atoms. The van der Waals surface area contributed by atoms with Crippen LogP contribution in [0, 0.1) is 0 Å². The summed E-state index contributed by atoms with van der Waals surface area (Å²) in [4.78, 5) is 5.04. The van der Waals surface area contributed by atoms with Crippen LogP contribution in [0.3, 0.4) is 0 Å². The molecule has 0 atom stereocenters. The van der Waals surface area contributed by atoms with Gasteiger partial charge in [0.05, 0.1) is 6.54 Å². The standard InChI is InChI=1S/C7H6ClNO/c8-6-1-2-7-5(3-6)4-9-10-7/h1-3,9H,4H2. The molecule has 0 saturated heterocycles. The van der Waals surface area contributed by atoms with Crippen molar-refractivity contribution in [1.29, 1.82) is 0 Å². The molecule has 1 N–H and O–H groups in total. The first-order chi connectivity index (χ1) is 4.86. The summed E-state index contributed by atoms with van der Waals surface area (Å²) in [5, 5.41) is 0.756. The van der Waals surface area contributed by atoms with Gasteiger partial charge in [0.2, 0.25) is 0 Å². The lowest BCUT2D eigenvalue weighted by Gasteiger charge is -1.94. The van der Waals surface area contributed by atoms with Crippen LogP contribution in [0.15, 0.2) is 18.2 Å². The van der Waals surface area contributed by atoms with Crippen LogP contribution in [0.25, 0.3) is 0 Å². The van der Waals surface area contributed by atoms with Gasteiger partial charge in [0.15, 0.2) is 5.75 Å². The summed E-state index contributed by atoms with van der Waals surface area (Å²) < 4.78 is 0. The highest BCUT2D eigenvalue weighted by atomic mass is 35.5. The first-order valence-electron chi connectivity index (χ1n) is 3.04. The summed E-state index contributed by atoms with van der Waals surface area (Å²) in [6.45, 7) is 0.746. The van der Waals surface area contributed by atoms with E-state index in [1.807, 2.05) is 18.2 Å². The Bertz CT molecular complexity index is 262. The molecule has 3 heteroatoms. The number of nitrogens with one attached hydrogen (secondary N) is 1. The number of fused-ring (bicyclic) bond motifs is 1. The fraction of sp³-hybridized carbons (Fsp3) is 0.143.